The molecule has 0 bridgehead atoms. The first-order valence-electron chi connectivity index (χ1n) is 7.16. The van der Waals surface area contributed by atoms with Crippen LogP contribution in [0.15, 0.2) is 42.6 Å². The van der Waals surface area contributed by atoms with Crippen molar-refractivity contribution in [1.82, 2.24) is 14.4 Å². The highest BCUT2D eigenvalue weighted by Gasteiger charge is 2.12. The summed E-state index contributed by atoms with van der Waals surface area (Å²) in [5.41, 5.74) is 5.66. The lowest BCUT2D eigenvalue weighted by Crippen LogP contribution is -1.94. The number of H-pyrrole nitrogens is 1. The summed E-state index contributed by atoms with van der Waals surface area (Å²) in [6, 6.07) is 12.7. The first-order chi connectivity index (χ1) is 9.78. The third-order valence-corrected chi connectivity index (χ3v) is 4.27. The van der Waals surface area contributed by atoms with Crippen LogP contribution in [0, 0.1) is 0 Å². The molecule has 3 aromatic heterocycles. The van der Waals surface area contributed by atoms with Crippen LogP contribution in [0.25, 0.3) is 27.7 Å². The Morgan fingerprint density at radius 2 is 2.10 bits per heavy atom. The van der Waals surface area contributed by atoms with Gasteiger partial charge in [0.05, 0.1) is 0 Å². The Morgan fingerprint density at radius 1 is 1.25 bits per heavy atom. The van der Waals surface area contributed by atoms with E-state index in [1.165, 1.54) is 10.9 Å². The van der Waals surface area contributed by atoms with Gasteiger partial charge in [-0.15, -0.1) is 0 Å². The lowest BCUT2D eigenvalue weighted by Gasteiger charge is -2.08. The number of rotatable bonds is 2. The van der Waals surface area contributed by atoms with E-state index >= 15 is 0 Å². The third-order valence-electron chi connectivity index (χ3n) is 4.27. The van der Waals surface area contributed by atoms with Crippen LogP contribution in [0.4, 0.5) is 0 Å². The molecule has 3 heteroatoms. The zero-order valence-corrected chi connectivity index (χ0v) is 11.7. The van der Waals surface area contributed by atoms with Gasteiger partial charge in [-0.1, -0.05) is 32.0 Å². The van der Waals surface area contributed by atoms with Gasteiger partial charge < -0.3 is 4.98 Å². The van der Waals surface area contributed by atoms with Gasteiger partial charge in [-0.3, -0.25) is 4.40 Å². The first kappa shape index (κ1) is 11.5. The molecule has 0 amide bonds. The minimum absolute atomic E-state index is 0.576. The maximum atomic E-state index is 4.81. The highest BCUT2D eigenvalue weighted by molar-refractivity contribution is 6.05. The second-order valence-corrected chi connectivity index (χ2v) is 5.48. The van der Waals surface area contributed by atoms with Crippen molar-refractivity contribution >= 4 is 27.7 Å². The van der Waals surface area contributed by atoms with E-state index < -0.39 is 0 Å². The van der Waals surface area contributed by atoms with Crippen molar-refractivity contribution < 1.29 is 0 Å². The molecular weight excluding hydrogens is 246 g/mol. The van der Waals surface area contributed by atoms with Crippen LogP contribution in [0.1, 0.15) is 31.7 Å². The van der Waals surface area contributed by atoms with E-state index in [0.717, 1.165) is 28.7 Å². The van der Waals surface area contributed by atoms with Crippen molar-refractivity contribution in [3.05, 3.63) is 48.2 Å². The van der Waals surface area contributed by atoms with Crippen molar-refractivity contribution in [3.63, 3.8) is 0 Å². The van der Waals surface area contributed by atoms with E-state index in [1.807, 2.05) is 6.07 Å². The molecule has 1 aromatic carbocycles. The van der Waals surface area contributed by atoms with Gasteiger partial charge in [0, 0.05) is 17.1 Å². The van der Waals surface area contributed by atoms with Gasteiger partial charge in [-0.25, -0.2) is 4.98 Å². The van der Waals surface area contributed by atoms with E-state index in [0.29, 0.717) is 5.92 Å². The molecule has 1 N–H and O–H groups in total. The molecule has 0 saturated heterocycles. The summed E-state index contributed by atoms with van der Waals surface area (Å²) < 4.78 is 2.14. The predicted molar refractivity (Wildman–Crippen MR) is 83.3 cm³/mol. The lowest BCUT2D eigenvalue weighted by molar-refractivity contribution is 0.732. The van der Waals surface area contributed by atoms with Crippen LogP contribution in [-0.2, 0) is 0 Å². The quantitative estimate of drug-likeness (QED) is 0.568. The van der Waals surface area contributed by atoms with Crippen LogP contribution < -0.4 is 0 Å². The summed E-state index contributed by atoms with van der Waals surface area (Å²) in [7, 11) is 0. The number of hydrogen-bond donors (Lipinski definition) is 1. The zero-order valence-electron chi connectivity index (χ0n) is 11.7. The second-order valence-electron chi connectivity index (χ2n) is 5.48. The number of benzene rings is 1. The van der Waals surface area contributed by atoms with Gasteiger partial charge in [0.2, 0.25) is 0 Å². The summed E-state index contributed by atoms with van der Waals surface area (Å²) in [6.07, 6.45) is 3.28. The van der Waals surface area contributed by atoms with E-state index in [4.69, 9.17) is 4.98 Å². The number of pyridine rings is 1. The Hall–Kier alpha value is -2.29. The van der Waals surface area contributed by atoms with Gasteiger partial charge in [0.15, 0.2) is 0 Å². The molecular formula is C17H17N3. The Morgan fingerprint density at radius 3 is 2.95 bits per heavy atom. The molecule has 0 radical (unpaired) electrons. The number of imidazole rings is 1. The molecule has 1 unspecified atom stereocenters. The molecule has 0 aliphatic rings. The van der Waals surface area contributed by atoms with Gasteiger partial charge in [0.1, 0.15) is 16.8 Å². The van der Waals surface area contributed by atoms with Gasteiger partial charge in [-0.05, 0) is 36.1 Å². The van der Waals surface area contributed by atoms with Gasteiger partial charge >= 0.3 is 0 Å². The van der Waals surface area contributed by atoms with Crippen molar-refractivity contribution in [2.24, 2.45) is 0 Å². The standard InChI is InChI=1S/C17H17N3/c1-3-11(2)12-8-9-20-15(10-12)19-16-13-6-4-5-7-14(13)18-17(16)20/h4-11,18H,3H2,1-2H3. The average Bonchev–Trinajstić information content (AvgIpc) is 3.01. The molecule has 1 atom stereocenters. The van der Waals surface area contributed by atoms with E-state index in [1.54, 1.807) is 0 Å². The Labute approximate surface area is 117 Å². The lowest BCUT2D eigenvalue weighted by atomic mass is 10.0. The van der Waals surface area contributed by atoms with E-state index in [-0.39, 0.29) is 0 Å². The van der Waals surface area contributed by atoms with Crippen LogP contribution in [0.2, 0.25) is 0 Å². The number of hydrogen-bond acceptors (Lipinski definition) is 1. The number of para-hydroxylation sites is 1. The predicted octanol–water partition coefficient (Wildman–Crippen LogP) is 4.48. The van der Waals surface area contributed by atoms with E-state index in [9.17, 15) is 0 Å². The summed E-state index contributed by atoms with van der Waals surface area (Å²) >= 11 is 0. The molecule has 0 fully saturated rings. The summed E-state index contributed by atoms with van der Waals surface area (Å²) in [5.74, 6) is 0.576. The molecule has 3 heterocycles. The number of fused-ring (bicyclic) bond motifs is 5. The molecule has 3 nitrogen and oxygen atoms in total. The van der Waals surface area contributed by atoms with Crippen molar-refractivity contribution in [2.75, 3.05) is 0 Å². The normalized spacial score (nSPS) is 13.5. The minimum Gasteiger partial charge on any atom is -0.339 e. The monoisotopic (exact) mass is 263 g/mol. The minimum atomic E-state index is 0.576. The van der Waals surface area contributed by atoms with Crippen LogP contribution in [0.5, 0.6) is 0 Å². The highest BCUT2D eigenvalue weighted by Crippen LogP contribution is 2.27. The van der Waals surface area contributed by atoms with Crippen molar-refractivity contribution in [2.45, 2.75) is 26.2 Å². The summed E-state index contributed by atoms with van der Waals surface area (Å²) in [4.78, 5) is 8.28. The maximum Gasteiger partial charge on any atom is 0.143 e. The first-order valence-corrected chi connectivity index (χ1v) is 7.16. The zero-order chi connectivity index (χ0) is 13.7. The Balaban J connectivity index is 2.04. The van der Waals surface area contributed by atoms with Crippen LogP contribution >= 0.6 is 0 Å². The van der Waals surface area contributed by atoms with Crippen molar-refractivity contribution in [3.8, 4) is 0 Å². The van der Waals surface area contributed by atoms with Crippen LogP contribution in [0.3, 0.4) is 0 Å². The fourth-order valence-electron chi connectivity index (χ4n) is 2.84. The second kappa shape index (κ2) is 4.10. The fraction of sp³-hybridized carbons (Fsp3) is 0.235. The molecule has 4 aromatic rings. The molecule has 0 saturated carbocycles. The summed E-state index contributed by atoms with van der Waals surface area (Å²) in [6.45, 7) is 4.48. The molecule has 0 aliphatic heterocycles. The smallest absolute Gasteiger partial charge is 0.143 e. The van der Waals surface area contributed by atoms with E-state index in [2.05, 4.69) is 59.8 Å². The number of aromatic amines is 1. The highest BCUT2D eigenvalue weighted by atomic mass is 15.1. The number of aromatic nitrogens is 3. The average molecular weight is 263 g/mol. The van der Waals surface area contributed by atoms with Crippen LogP contribution in [-0.4, -0.2) is 14.4 Å². The number of nitrogens with zero attached hydrogens (tertiary/aromatic N) is 2. The Bertz CT molecular complexity index is 914. The maximum absolute atomic E-state index is 4.81. The molecule has 100 valence electrons. The third kappa shape index (κ3) is 1.49. The molecule has 0 aliphatic carbocycles. The Kier molecular flexibility index (Phi) is 2.36. The van der Waals surface area contributed by atoms with Gasteiger partial charge in [-0.2, -0.15) is 0 Å². The molecule has 20 heavy (non-hydrogen) atoms. The molecule has 0 spiro atoms. The van der Waals surface area contributed by atoms with Gasteiger partial charge in [0.25, 0.3) is 0 Å². The SMILES string of the molecule is CCC(C)c1ccn2c(c1)nc1c3ccccc3[nH]c12. The molecule has 4 rings (SSSR count). The summed E-state index contributed by atoms with van der Waals surface area (Å²) in [5, 5.41) is 1.19. The largest absolute Gasteiger partial charge is 0.339 e. The topological polar surface area (TPSA) is 33.1 Å². The number of nitrogens with one attached hydrogen (secondary N) is 1. The fourth-order valence-corrected chi connectivity index (χ4v) is 2.84. The van der Waals surface area contributed by atoms with Crippen molar-refractivity contribution in [1.29, 1.82) is 0 Å².